The lowest BCUT2D eigenvalue weighted by molar-refractivity contribution is -0.139. The Balaban J connectivity index is 1.98. The normalized spacial score (nSPS) is 12.8. The third-order valence-electron chi connectivity index (χ3n) is 6.45. The second-order valence-corrected chi connectivity index (χ2v) is 11.5. The number of nitrogens with one attached hydrogen (secondary N) is 1. The molecule has 2 unspecified atom stereocenters. The van der Waals surface area contributed by atoms with Crippen molar-refractivity contribution < 1.29 is 22.4 Å². The van der Waals surface area contributed by atoms with Gasteiger partial charge in [0.2, 0.25) is 11.8 Å². The molecule has 3 aromatic carbocycles. The molecule has 0 saturated carbocycles. The standard InChI is InChI=1S/C29H33ClFN3O4S/c1-4-21(2)32-29(36)22(3)33(18-17-23-11-7-5-8-12-23)28(35)20-34(24-15-16-27(31)26(30)19-24)39(37,38)25-13-9-6-10-14-25/h5-16,19,21-22H,4,17-18,20H2,1-3H3,(H,32,36). The van der Waals surface area contributed by atoms with Crippen molar-refractivity contribution in [1.29, 1.82) is 0 Å². The van der Waals surface area contributed by atoms with Gasteiger partial charge in [0.25, 0.3) is 10.0 Å². The van der Waals surface area contributed by atoms with E-state index in [-0.39, 0.29) is 34.1 Å². The van der Waals surface area contributed by atoms with Crippen molar-refractivity contribution in [3.8, 4) is 0 Å². The summed E-state index contributed by atoms with van der Waals surface area (Å²) in [5.41, 5.74) is 0.988. The van der Waals surface area contributed by atoms with Gasteiger partial charge in [-0.05, 0) is 62.6 Å². The van der Waals surface area contributed by atoms with Gasteiger partial charge in [0.1, 0.15) is 18.4 Å². The Morgan fingerprint density at radius 1 is 0.974 bits per heavy atom. The lowest BCUT2D eigenvalue weighted by atomic mass is 10.1. The highest BCUT2D eigenvalue weighted by Gasteiger charge is 2.32. The van der Waals surface area contributed by atoms with E-state index in [9.17, 15) is 22.4 Å². The van der Waals surface area contributed by atoms with Gasteiger partial charge < -0.3 is 10.2 Å². The molecular weight excluding hydrogens is 541 g/mol. The molecule has 0 heterocycles. The maximum Gasteiger partial charge on any atom is 0.264 e. The SMILES string of the molecule is CCC(C)NC(=O)C(C)N(CCc1ccccc1)C(=O)CN(c1ccc(F)c(Cl)c1)S(=O)(=O)c1ccccc1. The number of carbonyl (C=O) groups is 2. The third-order valence-corrected chi connectivity index (χ3v) is 8.53. The van der Waals surface area contributed by atoms with E-state index in [1.165, 1.54) is 23.1 Å². The van der Waals surface area contributed by atoms with Crippen LogP contribution >= 0.6 is 11.6 Å². The largest absolute Gasteiger partial charge is 0.352 e. The summed E-state index contributed by atoms with van der Waals surface area (Å²) in [5.74, 6) is -1.64. The molecule has 208 valence electrons. The molecule has 0 aliphatic heterocycles. The summed E-state index contributed by atoms with van der Waals surface area (Å²) in [6.07, 6.45) is 1.17. The molecule has 3 aromatic rings. The highest BCUT2D eigenvalue weighted by atomic mass is 35.5. The lowest BCUT2D eigenvalue weighted by Crippen LogP contribution is -2.53. The molecule has 0 radical (unpaired) electrons. The molecule has 0 bridgehead atoms. The molecule has 39 heavy (non-hydrogen) atoms. The summed E-state index contributed by atoms with van der Waals surface area (Å²) in [7, 11) is -4.24. The molecule has 1 N–H and O–H groups in total. The number of nitrogens with zero attached hydrogens (tertiary/aromatic N) is 2. The van der Waals surface area contributed by atoms with Gasteiger partial charge in [0.15, 0.2) is 0 Å². The summed E-state index contributed by atoms with van der Waals surface area (Å²) in [4.78, 5) is 28.2. The van der Waals surface area contributed by atoms with Crippen LogP contribution < -0.4 is 9.62 Å². The summed E-state index contributed by atoms with van der Waals surface area (Å²) in [6, 6.07) is 19.6. The van der Waals surface area contributed by atoms with Gasteiger partial charge >= 0.3 is 0 Å². The van der Waals surface area contributed by atoms with Crippen molar-refractivity contribution in [3.63, 3.8) is 0 Å². The van der Waals surface area contributed by atoms with Crippen molar-refractivity contribution >= 4 is 39.1 Å². The second-order valence-electron chi connectivity index (χ2n) is 9.24. The molecule has 7 nitrogen and oxygen atoms in total. The number of amides is 2. The van der Waals surface area contributed by atoms with Crippen LogP contribution in [0.3, 0.4) is 0 Å². The lowest BCUT2D eigenvalue weighted by Gasteiger charge is -2.32. The predicted octanol–water partition coefficient (Wildman–Crippen LogP) is 5.05. The number of rotatable bonds is 12. The zero-order valence-corrected chi connectivity index (χ0v) is 23.8. The third kappa shape index (κ3) is 7.80. The minimum Gasteiger partial charge on any atom is -0.352 e. The Hall–Kier alpha value is -3.43. The molecule has 0 saturated heterocycles. The van der Waals surface area contributed by atoms with Crippen molar-refractivity contribution in [2.45, 2.75) is 50.6 Å². The highest BCUT2D eigenvalue weighted by Crippen LogP contribution is 2.28. The van der Waals surface area contributed by atoms with E-state index in [4.69, 9.17) is 11.6 Å². The zero-order chi connectivity index (χ0) is 28.6. The Morgan fingerprint density at radius 2 is 1.59 bits per heavy atom. The minimum absolute atomic E-state index is 0.0262. The minimum atomic E-state index is -4.24. The van der Waals surface area contributed by atoms with Gasteiger partial charge in [-0.3, -0.25) is 13.9 Å². The molecular formula is C29H33ClFN3O4S. The van der Waals surface area contributed by atoms with E-state index in [1.54, 1.807) is 25.1 Å². The first-order valence-corrected chi connectivity index (χ1v) is 14.5. The molecule has 3 rings (SSSR count). The fourth-order valence-electron chi connectivity index (χ4n) is 3.92. The number of hydrogen-bond acceptors (Lipinski definition) is 4. The summed E-state index contributed by atoms with van der Waals surface area (Å²) in [6.45, 7) is 4.99. The van der Waals surface area contributed by atoms with E-state index in [0.717, 1.165) is 22.0 Å². The summed E-state index contributed by atoms with van der Waals surface area (Å²) >= 11 is 5.98. The fraction of sp³-hybridized carbons (Fsp3) is 0.310. The van der Waals surface area contributed by atoms with Crippen molar-refractivity contribution in [2.24, 2.45) is 0 Å². The number of halogens is 2. The molecule has 2 amide bonds. The zero-order valence-electron chi connectivity index (χ0n) is 22.2. The van der Waals surface area contributed by atoms with Crippen LogP contribution in [0.15, 0.2) is 83.8 Å². The van der Waals surface area contributed by atoms with E-state index < -0.39 is 34.3 Å². The van der Waals surface area contributed by atoms with Crippen LogP contribution in [0.2, 0.25) is 5.02 Å². The smallest absolute Gasteiger partial charge is 0.264 e. The van der Waals surface area contributed by atoms with Crippen molar-refractivity contribution in [1.82, 2.24) is 10.2 Å². The Kier molecular flexibility index (Phi) is 10.5. The van der Waals surface area contributed by atoms with Gasteiger partial charge in [-0.25, -0.2) is 12.8 Å². The van der Waals surface area contributed by atoms with Crippen LogP contribution in [-0.2, 0) is 26.0 Å². The molecule has 0 fully saturated rings. The monoisotopic (exact) mass is 573 g/mol. The maximum absolute atomic E-state index is 13.9. The number of hydrogen-bond donors (Lipinski definition) is 1. The van der Waals surface area contributed by atoms with Crippen LogP contribution in [-0.4, -0.2) is 50.3 Å². The number of anilines is 1. The van der Waals surface area contributed by atoms with Gasteiger partial charge in [-0.15, -0.1) is 0 Å². The fourth-order valence-corrected chi connectivity index (χ4v) is 5.53. The second kappa shape index (κ2) is 13.6. The van der Waals surface area contributed by atoms with Crippen molar-refractivity contribution in [2.75, 3.05) is 17.4 Å². The van der Waals surface area contributed by atoms with Gasteiger partial charge in [-0.1, -0.05) is 67.1 Å². The molecule has 0 aliphatic carbocycles. The van der Waals surface area contributed by atoms with Crippen LogP contribution in [0.1, 0.15) is 32.8 Å². The topological polar surface area (TPSA) is 86.8 Å². The Labute approximate surface area is 234 Å². The predicted molar refractivity (Wildman–Crippen MR) is 152 cm³/mol. The van der Waals surface area contributed by atoms with E-state index in [0.29, 0.717) is 12.8 Å². The first-order chi connectivity index (χ1) is 18.5. The Bertz CT molecular complexity index is 1370. The Morgan fingerprint density at radius 3 is 2.18 bits per heavy atom. The van der Waals surface area contributed by atoms with E-state index >= 15 is 0 Å². The first-order valence-electron chi connectivity index (χ1n) is 12.7. The molecule has 0 aromatic heterocycles. The average molecular weight is 574 g/mol. The van der Waals surface area contributed by atoms with Crippen LogP contribution in [0.25, 0.3) is 0 Å². The maximum atomic E-state index is 13.9. The van der Waals surface area contributed by atoms with Crippen LogP contribution in [0, 0.1) is 5.82 Å². The molecule has 0 aliphatic rings. The quantitative estimate of drug-likeness (QED) is 0.328. The molecule has 10 heteroatoms. The van der Waals surface area contributed by atoms with E-state index in [2.05, 4.69) is 5.32 Å². The highest BCUT2D eigenvalue weighted by molar-refractivity contribution is 7.92. The average Bonchev–Trinajstić information content (AvgIpc) is 2.94. The number of sulfonamides is 1. The van der Waals surface area contributed by atoms with Crippen LogP contribution in [0.5, 0.6) is 0 Å². The van der Waals surface area contributed by atoms with Crippen LogP contribution in [0.4, 0.5) is 10.1 Å². The molecule has 2 atom stereocenters. The van der Waals surface area contributed by atoms with Gasteiger partial charge in [-0.2, -0.15) is 0 Å². The van der Waals surface area contributed by atoms with Gasteiger partial charge in [0, 0.05) is 12.6 Å². The first kappa shape index (κ1) is 30.1. The number of carbonyl (C=O) groups excluding carboxylic acids is 2. The van der Waals surface area contributed by atoms with Gasteiger partial charge in [0.05, 0.1) is 15.6 Å². The van der Waals surface area contributed by atoms with E-state index in [1.807, 2.05) is 44.2 Å². The number of benzene rings is 3. The summed E-state index contributed by atoms with van der Waals surface area (Å²) < 4.78 is 42.2. The summed E-state index contributed by atoms with van der Waals surface area (Å²) in [5, 5.41) is 2.61. The molecule has 0 spiro atoms. The van der Waals surface area contributed by atoms with Crippen molar-refractivity contribution in [3.05, 3.63) is 95.3 Å².